The molecular weight excluding hydrogens is 272 g/mol. The number of carbonyl (C=O) groups is 2. The molecule has 0 saturated carbocycles. The van der Waals surface area contributed by atoms with Crippen LogP contribution in [0.2, 0.25) is 0 Å². The molecule has 2 aromatic rings. The molecule has 0 bridgehead atoms. The zero-order valence-corrected chi connectivity index (χ0v) is 12.0. The monoisotopic (exact) mass is 288 g/mol. The number of amides is 1. The van der Waals surface area contributed by atoms with Crippen LogP contribution in [0, 0.1) is 6.92 Å². The standard InChI is InChI=1S/C14H16N4O3/c1-8-12(14(20)21)10(7-16-8)17-13(19)9-4-5-15-11(6-9)18(2)3/h4-7,16H,1-3H3,(H,17,19)(H,20,21). The predicted octanol–water partition coefficient (Wildman–Crippen LogP) is 1.73. The molecule has 0 radical (unpaired) electrons. The number of rotatable bonds is 4. The highest BCUT2D eigenvalue weighted by molar-refractivity contribution is 6.08. The summed E-state index contributed by atoms with van der Waals surface area (Å²) < 4.78 is 0. The van der Waals surface area contributed by atoms with Gasteiger partial charge in [-0.2, -0.15) is 0 Å². The summed E-state index contributed by atoms with van der Waals surface area (Å²) in [6, 6.07) is 3.21. The lowest BCUT2D eigenvalue weighted by Crippen LogP contribution is -2.16. The minimum atomic E-state index is -1.09. The van der Waals surface area contributed by atoms with Crippen molar-refractivity contribution in [3.8, 4) is 0 Å². The second kappa shape index (κ2) is 5.66. The maximum absolute atomic E-state index is 12.2. The molecule has 0 atom stereocenters. The van der Waals surface area contributed by atoms with Crippen LogP contribution in [0.15, 0.2) is 24.5 Å². The Hall–Kier alpha value is -2.83. The number of anilines is 2. The lowest BCUT2D eigenvalue weighted by molar-refractivity contribution is 0.0697. The Morgan fingerprint density at radius 3 is 2.71 bits per heavy atom. The van der Waals surface area contributed by atoms with Gasteiger partial charge in [0.2, 0.25) is 0 Å². The van der Waals surface area contributed by atoms with Crippen molar-refractivity contribution in [2.45, 2.75) is 6.92 Å². The predicted molar refractivity (Wildman–Crippen MR) is 79.0 cm³/mol. The largest absolute Gasteiger partial charge is 0.478 e. The first kappa shape index (κ1) is 14.6. The van der Waals surface area contributed by atoms with Crippen molar-refractivity contribution in [3.05, 3.63) is 41.3 Å². The zero-order chi connectivity index (χ0) is 15.6. The molecule has 7 nitrogen and oxygen atoms in total. The van der Waals surface area contributed by atoms with Crippen LogP contribution in [0.3, 0.4) is 0 Å². The van der Waals surface area contributed by atoms with Gasteiger partial charge < -0.3 is 20.3 Å². The first-order valence-electron chi connectivity index (χ1n) is 6.26. The molecule has 2 aromatic heterocycles. The number of carbonyl (C=O) groups excluding carboxylic acids is 1. The van der Waals surface area contributed by atoms with E-state index in [2.05, 4.69) is 15.3 Å². The molecule has 3 N–H and O–H groups in total. The Kier molecular flexibility index (Phi) is 3.93. The lowest BCUT2D eigenvalue weighted by atomic mass is 10.2. The smallest absolute Gasteiger partial charge is 0.339 e. The highest BCUT2D eigenvalue weighted by Crippen LogP contribution is 2.20. The van der Waals surface area contributed by atoms with Crippen molar-refractivity contribution in [3.63, 3.8) is 0 Å². The minimum Gasteiger partial charge on any atom is -0.478 e. The normalized spacial score (nSPS) is 10.2. The highest BCUT2D eigenvalue weighted by atomic mass is 16.4. The van der Waals surface area contributed by atoms with Gasteiger partial charge >= 0.3 is 5.97 Å². The van der Waals surface area contributed by atoms with Crippen molar-refractivity contribution in [2.24, 2.45) is 0 Å². The van der Waals surface area contributed by atoms with Crippen molar-refractivity contribution in [1.82, 2.24) is 9.97 Å². The van der Waals surface area contributed by atoms with Gasteiger partial charge in [-0.25, -0.2) is 9.78 Å². The van der Waals surface area contributed by atoms with Gasteiger partial charge in [0, 0.05) is 37.7 Å². The van der Waals surface area contributed by atoms with Crippen LogP contribution in [0.25, 0.3) is 0 Å². The van der Waals surface area contributed by atoms with Gasteiger partial charge in [0.1, 0.15) is 11.4 Å². The number of nitrogens with one attached hydrogen (secondary N) is 2. The fourth-order valence-corrected chi connectivity index (χ4v) is 1.90. The minimum absolute atomic E-state index is 0.0604. The van der Waals surface area contributed by atoms with Gasteiger partial charge in [-0.05, 0) is 19.1 Å². The van der Waals surface area contributed by atoms with Crippen LogP contribution in [0.5, 0.6) is 0 Å². The number of carboxylic acids is 1. The molecule has 0 spiro atoms. The van der Waals surface area contributed by atoms with Crippen molar-refractivity contribution in [1.29, 1.82) is 0 Å². The van der Waals surface area contributed by atoms with Crippen LogP contribution < -0.4 is 10.2 Å². The second-order valence-electron chi connectivity index (χ2n) is 4.76. The fraction of sp³-hybridized carbons (Fsp3) is 0.214. The molecule has 7 heteroatoms. The SMILES string of the molecule is Cc1[nH]cc(NC(=O)c2ccnc(N(C)C)c2)c1C(=O)O. The average Bonchev–Trinajstić information content (AvgIpc) is 2.79. The van der Waals surface area contributed by atoms with Gasteiger partial charge in [-0.3, -0.25) is 4.79 Å². The van der Waals surface area contributed by atoms with Gasteiger partial charge in [-0.1, -0.05) is 0 Å². The second-order valence-corrected chi connectivity index (χ2v) is 4.76. The molecule has 0 fully saturated rings. The summed E-state index contributed by atoms with van der Waals surface area (Å²) in [6.45, 7) is 1.63. The Morgan fingerprint density at radius 1 is 1.38 bits per heavy atom. The first-order valence-corrected chi connectivity index (χ1v) is 6.26. The Bertz CT molecular complexity index is 691. The number of H-pyrrole nitrogens is 1. The zero-order valence-electron chi connectivity index (χ0n) is 12.0. The summed E-state index contributed by atoms with van der Waals surface area (Å²) in [6.07, 6.45) is 3.00. The molecule has 0 unspecified atom stereocenters. The van der Waals surface area contributed by atoms with E-state index in [-0.39, 0.29) is 17.2 Å². The third-order valence-corrected chi connectivity index (χ3v) is 3.01. The number of hydrogen-bond donors (Lipinski definition) is 3. The van der Waals surface area contributed by atoms with Crippen LogP contribution in [0.1, 0.15) is 26.4 Å². The Balaban J connectivity index is 2.26. The van der Waals surface area contributed by atoms with E-state index in [0.29, 0.717) is 17.1 Å². The number of aromatic nitrogens is 2. The van der Waals surface area contributed by atoms with E-state index in [0.717, 1.165) is 0 Å². The number of aromatic amines is 1. The number of pyridine rings is 1. The van der Waals surface area contributed by atoms with Gasteiger partial charge in [0.25, 0.3) is 5.91 Å². The maximum Gasteiger partial charge on any atom is 0.339 e. The van der Waals surface area contributed by atoms with Crippen molar-refractivity contribution < 1.29 is 14.7 Å². The van der Waals surface area contributed by atoms with Gasteiger partial charge in [0.15, 0.2) is 0 Å². The summed E-state index contributed by atoms with van der Waals surface area (Å²) in [4.78, 5) is 32.1. The van der Waals surface area contributed by atoms with E-state index in [1.807, 2.05) is 14.1 Å². The summed E-state index contributed by atoms with van der Waals surface area (Å²) in [5, 5.41) is 11.7. The quantitative estimate of drug-likeness (QED) is 0.796. The van der Waals surface area contributed by atoms with Crippen molar-refractivity contribution in [2.75, 3.05) is 24.3 Å². The third-order valence-electron chi connectivity index (χ3n) is 3.01. The first-order chi connectivity index (χ1) is 9.90. The molecule has 2 rings (SSSR count). The van der Waals surface area contributed by atoms with E-state index >= 15 is 0 Å². The number of aryl methyl sites for hydroxylation is 1. The summed E-state index contributed by atoms with van der Waals surface area (Å²) in [5.74, 6) is -0.832. The Morgan fingerprint density at radius 2 is 2.10 bits per heavy atom. The number of aromatic carboxylic acids is 1. The van der Waals surface area contributed by atoms with E-state index in [1.165, 1.54) is 12.4 Å². The van der Waals surface area contributed by atoms with Gasteiger partial charge in [-0.15, -0.1) is 0 Å². The fourth-order valence-electron chi connectivity index (χ4n) is 1.90. The molecule has 0 saturated heterocycles. The third kappa shape index (κ3) is 3.02. The molecule has 110 valence electrons. The summed E-state index contributed by atoms with van der Waals surface area (Å²) in [5.41, 5.74) is 1.20. The van der Waals surface area contributed by atoms with Crippen LogP contribution in [0.4, 0.5) is 11.5 Å². The molecule has 21 heavy (non-hydrogen) atoms. The van der Waals surface area contributed by atoms with Crippen molar-refractivity contribution >= 4 is 23.4 Å². The average molecular weight is 288 g/mol. The topological polar surface area (TPSA) is 98.3 Å². The van der Waals surface area contributed by atoms with E-state index in [1.54, 1.807) is 24.0 Å². The lowest BCUT2D eigenvalue weighted by Gasteiger charge is -2.12. The van der Waals surface area contributed by atoms with Gasteiger partial charge in [0.05, 0.1) is 5.69 Å². The van der Waals surface area contributed by atoms with E-state index < -0.39 is 5.97 Å². The molecule has 0 aromatic carbocycles. The molecule has 0 aliphatic carbocycles. The highest BCUT2D eigenvalue weighted by Gasteiger charge is 2.18. The van der Waals surface area contributed by atoms with Crippen LogP contribution >= 0.6 is 0 Å². The summed E-state index contributed by atoms with van der Waals surface area (Å²) in [7, 11) is 3.64. The van der Waals surface area contributed by atoms with Crippen LogP contribution in [-0.2, 0) is 0 Å². The Labute approximate surface area is 121 Å². The number of nitrogens with zero attached hydrogens (tertiary/aromatic N) is 2. The summed E-state index contributed by atoms with van der Waals surface area (Å²) >= 11 is 0. The molecule has 2 heterocycles. The molecule has 1 amide bonds. The number of carboxylic acid groups (broad SMARTS) is 1. The number of hydrogen-bond acceptors (Lipinski definition) is 4. The van der Waals surface area contributed by atoms with Crippen LogP contribution in [-0.4, -0.2) is 41.0 Å². The molecule has 0 aliphatic rings. The van der Waals surface area contributed by atoms with E-state index in [9.17, 15) is 9.59 Å². The molecular formula is C14H16N4O3. The van der Waals surface area contributed by atoms with E-state index in [4.69, 9.17) is 5.11 Å². The maximum atomic E-state index is 12.2. The molecule has 0 aliphatic heterocycles.